The summed E-state index contributed by atoms with van der Waals surface area (Å²) < 4.78 is 14.1. The van der Waals surface area contributed by atoms with E-state index in [2.05, 4.69) is 133 Å². The molecular weight excluding hydrogens is 569 g/mol. The Morgan fingerprint density at radius 2 is 1.23 bits per heavy atom. The molecule has 0 saturated heterocycles. The van der Waals surface area contributed by atoms with Gasteiger partial charge in [0.2, 0.25) is 0 Å². The molecule has 3 atom stereocenters. The minimum atomic E-state index is -2.41. The second-order valence-electron chi connectivity index (χ2n) is 14.1. The lowest BCUT2D eigenvalue weighted by Gasteiger charge is -2.43. The van der Waals surface area contributed by atoms with Crippen molar-refractivity contribution in [1.29, 1.82) is 0 Å². The largest absolute Gasteiger partial charge is 0.410 e. The maximum atomic E-state index is 7.10. The first kappa shape index (κ1) is 36.7. The van der Waals surface area contributed by atoms with Gasteiger partial charge in [-0.3, -0.25) is 0 Å². The summed E-state index contributed by atoms with van der Waals surface area (Å²) in [5.41, 5.74) is 0. The lowest BCUT2D eigenvalue weighted by Crippen LogP contribution is -2.66. The Morgan fingerprint density at radius 1 is 0.682 bits per heavy atom. The molecule has 0 fully saturated rings. The highest BCUT2D eigenvalue weighted by Crippen LogP contribution is 2.39. The first-order valence-corrected chi connectivity index (χ1v) is 22.5. The van der Waals surface area contributed by atoms with Crippen LogP contribution >= 0.6 is 0 Å². The van der Waals surface area contributed by atoms with Gasteiger partial charge in [-0.2, -0.15) is 0 Å². The van der Waals surface area contributed by atoms with Crippen LogP contribution < -0.4 is 10.4 Å². The summed E-state index contributed by atoms with van der Waals surface area (Å²) in [6.45, 7) is 17.2. The minimum Gasteiger partial charge on any atom is -0.410 e. The van der Waals surface area contributed by atoms with Gasteiger partial charge in [0, 0.05) is 6.61 Å². The van der Waals surface area contributed by atoms with Gasteiger partial charge in [-0.25, -0.2) is 0 Å². The van der Waals surface area contributed by atoms with Crippen molar-refractivity contribution in [2.24, 2.45) is 11.8 Å². The van der Waals surface area contributed by atoms with Crippen molar-refractivity contribution in [2.45, 2.75) is 136 Å². The summed E-state index contributed by atoms with van der Waals surface area (Å²) in [7, 11) is -4.02. The minimum absolute atomic E-state index is 0.0476. The molecule has 0 N–H and O–H groups in total. The van der Waals surface area contributed by atoms with Crippen molar-refractivity contribution in [1.82, 2.24) is 0 Å². The van der Waals surface area contributed by atoms with Gasteiger partial charge in [-0.05, 0) is 71.1 Å². The van der Waals surface area contributed by atoms with Crippen LogP contribution in [0.1, 0.15) is 106 Å². The van der Waals surface area contributed by atoms with Crippen LogP contribution in [0.5, 0.6) is 0 Å². The molecule has 2 nitrogen and oxygen atoms in total. The molecule has 0 radical (unpaired) electrons. The van der Waals surface area contributed by atoms with Crippen molar-refractivity contribution in [3.63, 3.8) is 0 Å². The fourth-order valence-corrected chi connectivity index (χ4v) is 14.8. The SMILES string of the molecule is CC/C=C\C[C@H]1[C@@H](CCCCCCCCO[Si](c2ccccc2)(c2ccccc2)C(C)(C)C)C=C[C@H]1O[Si](CC)(CC)CC. The highest BCUT2D eigenvalue weighted by atomic mass is 28.4. The molecule has 2 aromatic rings. The van der Waals surface area contributed by atoms with Gasteiger partial charge in [-0.1, -0.05) is 166 Å². The third-order valence-corrected chi connectivity index (χ3v) is 20.0. The van der Waals surface area contributed by atoms with Crippen LogP contribution in [0.25, 0.3) is 0 Å². The van der Waals surface area contributed by atoms with E-state index in [1.54, 1.807) is 0 Å². The molecule has 4 heteroatoms. The lowest BCUT2D eigenvalue weighted by atomic mass is 9.86. The van der Waals surface area contributed by atoms with Crippen LogP contribution in [0.2, 0.25) is 23.2 Å². The fraction of sp³-hybridized carbons (Fsp3) is 0.600. The van der Waals surface area contributed by atoms with Gasteiger partial charge in [0.25, 0.3) is 8.32 Å². The number of benzene rings is 2. The summed E-state index contributed by atoms with van der Waals surface area (Å²) in [5, 5.41) is 2.80. The van der Waals surface area contributed by atoms with Gasteiger partial charge in [-0.15, -0.1) is 0 Å². The van der Waals surface area contributed by atoms with E-state index in [1.807, 2.05) is 0 Å². The average Bonchev–Trinajstić information content (AvgIpc) is 3.41. The Labute approximate surface area is 274 Å². The van der Waals surface area contributed by atoms with Gasteiger partial charge in [0.05, 0.1) is 6.10 Å². The lowest BCUT2D eigenvalue weighted by molar-refractivity contribution is 0.150. The summed E-state index contributed by atoms with van der Waals surface area (Å²) in [6, 6.07) is 25.8. The van der Waals surface area contributed by atoms with E-state index in [0.29, 0.717) is 17.9 Å². The average molecular weight is 633 g/mol. The quantitative estimate of drug-likeness (QED) is 0.0821. The molecular formula is C40H64O2Si2. The Morgan fingerprint density at radius 3 is 1.75 bits per heavy atom. The molecule has 3 rings (SSSR count). The van der Waals surface area contributed by atoms with Crippen LogP contribution in [-0.2, 0) is 8.85 Å². The maximum absolute atomic E-state index is 7.10. The highest BCUT2D eigenvalue weighted by Gasteiger charge is 2.50. The zero-order chi connectivity index (χ0) is 31.9. The second-order valence-corrected chi connectivity index (χ2v) is 23.1. The monoisotopic (exact) mass is 632 g/mol. The molecule has 0 unspecified atom stereocenters. The second kappa shape index (κ2) is 18.4. The van der Waals surface area contributed by atoms with Crippen LogP contribution in [0.3, 0.4) is 0 Å². The van der Waals surface area contributed by atoms with E-state index in [-0.39, 0.29) is 5.04 Å². The normalized spacial score (nSPS) is 19.3. The first-order chi connectivity index (χ1) is 21.3. The van der Waals surface area contributed by atoms with E-state index >= 15 is 0 Å². The van der Waals surface area contributed by atoms with Gasteiger partial charge in [0.15, 0.2) is 8.32 Å². The maximum Gasteiger partial charge on any atom is 0.261 e. The molecule has 0 heterocycles. The summed E-state index contributed by atoms with van der Waals surface area (Å²) in [6.07, 6.45) is 21.3. The smallest absolute Gasteiger partial charge is 0.261 e. The van der Waals surface area contributed by atoms with Crippen LogP contribution in [0.15, 0.2) is 85.0 Å². The molecule has 0 saturated carbocycles. The highest BCUT2D eigenvalue weighted by molar-refractivity contribution is 6.99. The standard InChI is InChI=1S/C40H64O2Si2/c1-8-12-19-31-38-35(32-33-39(38)42-43(9-2,10-3)11-4)26-20-15-13-14-16-25-34-41-44(40(5,6)7,36-27-21-17-22-28-36)37-29-23-18-24-30-37/h12,17-19,21-24,27-30,32-33,35,38-39H,8-11,13-16,20,25-26,31,34H2,1-7H3/b19-12-/t35-,38-,39+/m0/s1. The molecule has 0 aromatic heterocycles. The molecule has 0 spiro atoms. The third-order valence-electron chi connectivity index (χ3n) is 10.3. The summed E-state index contributed by atoms with van der Waals surface area (Å²) in [5.74, 6) is 1.28. The van der Waals surface area contributed by atoms with Crippen molar-refractivity contribution < 1.29 is 8.85 Å². The van der Waals surface area contributed by atoms with Gasteiger partial charge in [0.1, 0.15) is 0 Å². The fourth-order valence-electron chi connectivity index (χ4n) is 7.41. The van der Waals surface area contributed by atoms with Gasteiger partial charge < -0.3 is 8.85 Å². The van der Waals surface area contributed by atoms with E-state index in [4.69, 9.17) is 8.85 Å². The van der Waals surface area contributed by atoms with Crippen molar-refractivity contribution >= 4 is 27.0 Å². The molecule has 2 aromatic carbocycles. The number of unbranched alkanes of at least 4 members (excludes halogenated alkanes) is 5. The van der Waals surface area contributed by atoms with Crippen LogP contribution in [0.4, 0.5) is 0 Å². The summed E-state index contributed by atoms with van der Waals surface area (Å²) in [4.78, 5) is 0. The van der Waals surface area contributed by atoms with Gasteiger partial charge >= 0.3 is 0 Å². The van der Waals surface area contributed by atoms with Crippen molar-refractivity contribution in [3.8, 4) is 0 Å². The Bertz CT molecular complexity index is 1050. The Kier molecular flexibility index (Phi) is 15.4. The van der Waals surface area contributed by atoms with E-state index in [0.717, 1.165) is 25.9 Å². The van der Waals surface area contributed by atoms with Crippen LogP contribution in [0, 0.1) is 11.8 Å². The molecule has 1 aliphatic carbocycles. The Hall–Kier alpha value is -1.73. The zero-order valence-corrected chi connectivity index (χ0v) is 31.3. The molecule has 0 aliphatic heterocycles. The Balaban J connectivity index is 1.47. The number of rotatable bonds is 20. The zero-order valence-electron chi connectivity index (χ0n) is 29.3. The van der Waals surface area contributed by atoms with E-state index in [9.17, 15) is 0 Å². The number of hydrogen-bond acceptors (Lipinski definition) is 2. The molecule has 44 heavy (non-hydrogen) atoms. The van der Waals surface area contributed by atoms with E-state index in [1.165, 1.54) is 67.0 Å². The molecule has 0 amide bonds. The summed E-state index contributed by atoms with van der Waals surface area (Å²) >= 11 is 0. The number of allylic oxidation sites excluding steroid dienone is 3. The predicted molar refractivity (Wildman–Crippen MR) is 198 cm³/mol. The molecule has 0 bridgehead atoms. The first-order valence-electron chi connectivity index (χ1n) is 18.0. The molecule has 1 aliphatic rings. The predicted octanol–water partition coefficient (Wildman–Crippen LogP) is 10.8. The van der Waals surface area contributed by atoms with Crippen molar-refractivity contribution in [2.75, 3.05) is 6.61 Å². The topological polar surface area (TPSA) is 18.5 Å². The van der Waals surface area contributed by atoms with E-state index < -0.39 is 16.6 Å². The third kappa shape index (κ3) is 9.64. The van der Waals surface area contributed by atoms with Crippen LogP contribution in [-0.4, -0.2) is 29.3 Å². The number of hydrogen-bond donors (Lipinski definition) is 0. The van der Waals surface area contributed by atoms with Crippen molar-refractivity contribution in [3.05, 3.63) is 85.0 Å². The molecule has 244 valence electrons.